The lowest BCUT2D eigenvalue weighted by Crippen LogP contribution is -2.46. The molecule has 3 aliphatic rings. The summed E-state index contributed by atoms with van der Waals surface area (Å²) in [5, 5.41) is 27.6. The summed E-state index contributed by atoms with van der Waals surface area (Å²) in [7, 11) is -5.60. The zero-order valence-corrected chi connectivity index (χ0v) is 42.8. The molecule has 0 radical (unpaired) electrons. The number of likely N-dealkylation sites (tertiary alicyclic amines) is 1. The number of sulfone groups is 1. The van der Waals surface area contributed by atoms with Crippen molar-refractivity contribution < 1.29 is 36.6 Å². The summed E-state index contributed by atoms with van der Waals surface area (Å²) in [5.74, 6) is 1.32. The summed E-state index contributed by atoms with van der Waals surface area (Å²) in [6.45, 7) is 4.73. The largest absolute Gasteiger partial charge is 0.490 e. The predicted molar refractivity (Wildman–Crippen MR) is 272 cm³/mol. The van der Waals surface area contributed by atoms with Gasteiger partial charge in [-0.05, 0) is 115 Å². The third-order valence-electron chi connectivity index (χ3n) is 13.9. The molecule has 0 spiro atoms. The van der Waals surface area contributed by atoms with Crippen molar-refractivity contribution in [2.75, 3.05) is 49.4 Å². The molecule has 23 heteroatoms. The van der Waals surface area contributed by atoms with Crippen molar-refractivity contribution in [1.82, 2.24) is 52.6 Å². The van der Waals surface area contributed by atoms with Crippen LogP contribution in [0, 0.1) is 5.92 Å². The number of amides is 1. The van der Waals surface area contributed by atoms with Crippen molar-refractivity contribution in [3.8, 4) is 28.5 Å². The molecule has 3 fully saturated rings. The van der Waals surface area contributed by atoms with Gasteiger partial charge in [0.2, 0.25) is 17.8 Å². The van der Waals surface area contributed by atoms with Crippen LogP contribution in [0.5, 0.6) is 5.75 Å². The Labute approximate surface area is 420 Å². The zero-order chi connectivity index (χ0) is 50.8. The maximum absolute atomic E-state index is 14.0. The fourth-order valence-electron chi connectivity index (χ4n) is 9.98. The van der Waals surface area contributed by atoms with Crippen LogP contribution in [0.2, 0.25) is 0 Å². The first kappa shape index (κ1) is 51.1. The van der Waals surface area contributed by atoms with E-state index in [-0.39, 0.29) is 55.0 Å². The van der Waals surface area contributed by atoms with Gasteiger partial charge in [-0.25, -0.2) is 38.3 Å². The van der Waals surface area contributed by atoms with Crippen LogP contribution in [0.1, 0.15) is 95.7 Å². The van der Waals surface area contributed by atoms with Crippen LogP contribution in [0.4, 0.5) is 11.9 Å². The van der Waals surface area contributed by atoms with Crippen LogP contribution in [0.15, 0.2) is 67.4 Å². The molecule has 9 rings (SSSR count). The number of carbonyl (C=O) groups excluding carboxylic acids is 1. The molecule has 0 aromatic carbocycles. The van der Waals surface area contributed by atoms with Crippen molar-refractivity contribution in [3.05, 3.63) is 78.6 Å². The molecule has 0 bridgehead atoms. The van der Waals surface area contributed by atoms with E-state index in [0.29, 0.717) is 128 Å². The number of nitrogens with zero attached hydrogens (tertiary/aromatic N) is 10. The summed E-state index contributed by atoms with van der Waals surface area (Å²) < 4.78 is 65.3. The highest BCUT2D eigenvalue weighted by Crippen LogP contribution is 2.32. The van der Waals surface area contributed by atoms with E-state index < -0.39 is 25.6 Å². The lowest BCUT2D eigenvalue weighted by Gasteiger charge is -2.35. The molecule has 5 N–H and O–H groups in total. The first-order valence-corrected chi connectivity index (χ1v) is 28.3. The highest BCUT2D eigenvalue weighted by Gasteiger charge is 2.33. The van der Waals surface area contributed by atoms with E-state index in [9.17, 15) is 31.8 Å². The summed E-state index contributed by atoms with van der Waals surface area (Å²) in [6.07, 6.45) is 16.6. The summed E-state index contributed by atoms with van der Waals surface area (Å²) in [4.78, 5) is 43.5. The van der Waals surface area contributed by atoms with Crippen LogP contribution in [0.3, 0.4) is 0 Å². The second kappa shape index (κ2) is 21.3. The highest BCUT2D eigenvalue weighted by molar-refractivity contribution is 7.90. The van der Waals surface area contributed by atoms with Gasteiger partial charge in [0.25, 0.3) is 10.2 Å². The molecule has 21 nitrogen and oxygen atoms in total. The highest BCUT2D eigenvalue weighted by atomic mass is 32.2. The van der Waals surface area contributed by atoms with E-state index in [0.717, 1.165) is 18.5 Å². The Kier molecular flexibility index (Phi) is 15.1. The molecule has 1 aliphatic heterocycles. The van der Waals surface area contributed by atoms with Gasteiger partial charge in [-0.2, -0.15) is 17.4 Å². The number of hydrogen-bond acceptors (Lipinski definition) is 16. The number of pyridine rings is 2. The van der Waals surface area contributed by atoms with Gasteiger partial charge < -0.3 is 30.5 Å². The quantitative estimate of drug-likeness (QED) is 0.0738. The minimum Gasteiger partial charge on any atom is -0.490 e. The third-order valence-corrected chi connectivity index (χ3v) is 16.5. The SMILES string of the molecule is CN(Cc1cc(-c2cnc3c(OCCCS(C)(=O)=O)cccn23)nc(NC2CCC(C(=O)N3CCC(O)CC3)CC2)n1)S(=O)(=O)NC1CCC(Nc2nccc(-c3cnc4c(C(C)(C)O)cccn34)n2)CC1. The van der Waals surface area contributed by atoms with Gasteiger partial charge in [0.1, 0.15) is 15.5 Å². The third kappa shape index (κ3) is 12.1. The molecule has 6 aromatic rings. The monoisotopic (exact) mass is 1030 g/mol. The first-order valence-electron chi connectivity index (χ1n) is 24.8. The molecule has 72 heavy (non-hydrogen) atoms. The van der Waals surface area contributed by atoms with E-state index in [2.05, 4.69) is 30.3 Å². The molecular weight excluding hydrogens is 963 g/mol. The van der Waals surface area contributed by atoms with Gasteiger partial charge in [-0.3, -0.25) is 13.6 Å². The molecule has 0 unspecified atom stereocenters. The fourth-order valence-corrected chi connectivity index (χ4v) is 11.8. The van der Waals surface area contributed by atoms with Crippen molar-refractivity contribution >= 4 is 49.1 Å². The Morgan fingerprint density at radius 3 is 2.10 bits per heavy atom. The van der Waals surface area contributed by atoms with E-state index >= 15 is 0 Å². The number of anilines is 2. The van der Waals surface area contributed by atoms with Crippen LogP contribution < -0.4 is 20.1 Å². The average Bonchev–Trinajstić information content (AvgIpc) is 3.99. The maximum atomic E-state index is 14.0. The van der Waals surface area contributed by atoms with Gasteiger partial charge in [0.15, 0.2) is 11.4 Å². The molecule has 7 heterocycles. The van der Waals surface area contributed by atoms with Crippen molar-refractivity contribution in [2.24, 2.45) is 5.92 Å². The summed E-state index contributed by atoms with van der Waals surface area (Å²) in [5.41, 5.74) is 3.77. The summed E-state index contributed by atoms with van der Waals surface area (Å²) in [6, 6.07) is 10.6. The number of nitrogens with one attached hydrogen (secondary N) is 3. The second-order valence-electron chi connectivity index (χ2n) is 20.0. The number of rotatable bonds is 18. The van der Waals surface area contributed by atoms with Gasteiger partial charge in [-0.1, -0.05) is 6.07 Å². The molecule has 0 atom stereocenters. The molecule has 386 valence electrons. The lowest BCUT2D eigenvalue weighted by molar-refractivity contribution is -0.138. The minimum absolute atomic E-state index is 0.00124. The first-order chi connectivity index (χ1) is 34.4. The molecular formula is C49H65N13O8S2. The van der Waals surface area contributed by atoms with Gasteiger partial charge in [0, 0.05) is 74.6 Å². The van der Waals surface area contributed by atoms with E-state index in [1.54, 1.807) is 50.6 Å². The average molecular weight is 1030 g/mol. The number of aromatic nitrogens is 8. The normalized spacial score (nSPS) is 20.6. The van der Waals surface area contributed by atoms with Gasteiger partial charge >= 0.3 is 0 Å². The number of fused-ring (bicyclic) bond motifs is 2. The predicted octanol–water partition coefficient (Wildman–Crippen LogP) is 4.58. The Morgan fingerprint density at radius 2 is 1.40 bits per heavy atom. The molecule has 2 aliphatic carbocycles. The number of piperidine rings is 1. The van der Waals surface area contributed by atoms with Crippen LogP contribution in [0.25, 0.3) is 34.1 Å². The van der Waals surface area contributed by atoms with Crippen molar-refractivity contribution in [1.29, 1.82) is 0 Å². The molecule has 2 saturated carbocycles. The van der Waals surface area contributed by atoms with Crippen molar-refractivity contribution in [2.45, 2.75) is 121 Å². The molecule has 1 saturated heterocycles. The second-order valence-corrected chi connectivity index (χ2v) is 24.1. The summed E-state index contributed by atoms with van der Waals surface area (Å²) >= 11 is 0. The van der Waals surface area contributed by atoms with Gasteiger partial charge in [0.05, 0.1) is 71.5 Å². The topological polar surface area (TPSA) is 264 Å². The molecule has 1 amide bonds. The van der Waals surface area contributed by atoms with E-state index in [1.807, 2.05) is 44.3 Å². The fraction of sp³-hybridized carbons (Fsp3) is 0.531. The lowest BCUT2D eigenvalue weighted by atomic mass is 9.85. The Bertz CT molecular complexity index is 3100. The number of ether oxygens (including phenoxy) is 1. The Morgan fingerprint density at radius 1 is 0.792 bits per heavy atom. The number of aliphatic hydroxyl groups is 2. The standard InChI is InChI=1S/C49H65N13O8S2/c1-49(2,65)38-8-5-22-61-41(29-51-44(38)61)39-18-21-50-47(56-39)53-34-14-16-35(17-15-34)58-72(68,69)59(3)31-36-28-40(42-30-52-45-43(9-6-23-62(42)45)70-26-7-27-71(4,66)67)57-48(55-36)54-33-12-10-32(11-13-33)46(64)60-24-19-37(63)20-25-60/h5-6,8-9,18,21-23,28-30,32-35,37,58,63,65H,7,10-17,19-20,24-27,31H2,1-4H3,(H,50,53,56)(H,54,55,57). The number of aliphatic hydroxyl groups excluding tert-OH is 1. The van der Waals surface area contributed by atoms with E-state index in [4.69, 9.17) is 19.7 Å². The zero-order valence-electron chi connectivity index (χ0n) is 41.2. The van der Waals surface area contributed by atoms with Gasteiger partial charge in [-0.15, -0.1) is 0 Å². The smallest absolute Gasteiger partial charge is 0.279 e. The maximum Gasteiger partial charge on any atom is 0.279 e. The number of carbonyl (C=O) groups is 1. The van der Waals surface area contributed by atoms with Crippen LogP contribution >= 0.6 is 0 Å². The van der Waals surface area contributed by atoms with E-state index in [1.165, 1.54) is 17.6 Å². The number of hydrogen-bond donors (Lipinski definition) is 5. The van der Waals surface area contributed by atoms with Crippen LogP contribution in [-0.4, -0.2) is 144 Å². The molecule has 6 aromatic heterocycles. The Hall–Kier alpha value is -5.85. The minimum atomic E-state index is -3.98. The Balaban J connectivity index is 0.861. The van der Waals surface area contributed by atoms with Crippen LogP contribution in [-0.2, 0) is 37.0 Å². The number of imidazole rings is 2. The van der Waals surface area contributed by atoms with Crippen molar-refractivity contribution in [3.63, 3.8) is 0 Å².